The molecule has 0 aliphatic carbocycles. The smallest absolute Gasteiger partial charge is 0.193 e. The summed E-state index contributed by atoms with van der Waals surface area (Å²) in [6.45, 7) is 3.18. The van der Waals surface area contributed by atoms with Crippen LogP contribution in [0.1, 0.15) is 12.0 Å². The number of benzene rings is 2. The number of methoxy groups -OCH3 is 2. The van der Waals surface area contributed by atoms with E-state index < -0.39 is 11.6 Å². The predicted molar refractivity (Wildman–Crippen MR) is 139 cm³/mol. The molecule has 1 N–H and O–H groups in total. The summed E-state index contributed by atoms with van der Waals surface area (Å²) in [5.74, 6) is 1.06. The van der Waals surface area contributed by atoms with E-state index in [0.29, 0.717) is 5.92 Å². The minimum atomic E-state index is -0.814. The molecule has 3 rings (SSSR count). The van der Waals surface area contributed by atoms with Crippen molar-refractivity contribution < 1.29 is 18.3 Å². The first kappa shape index (κ1) is 26.9. The summed E-state index contributed by atoms with van der Waals surface area (Å²) in [6.07, 6.45) is 1.82. The second-order valence-electron chi connectivity index (χ2n) is 7.99. The summed E-state index contributed by atoms with van der Waals surface area (Å²) < 4.78 is 37.4. The summed E-state index contributed by atoms with van der Waals surface area (Å²) in [5, 5.41) is 3.45. The molecule has 1 aliphatic rings. The third-order valence-electron chi connectivity index (χ3n) is 5.86. The van der Waals surface area contributed by atoms with Crippen molar-refractivity contribution >= 4 is 35.6 Å². The number of likely N-dealkylation sites (N-methyl/N-ethyl adjacent to an activating group) is 1. The van der Waals surface area contributed by atoms with Gasteiger partial charge in [-0.15, -0.1) is 24.0 Å². The van der Waals surface area contributed by atoms with Crippen molar-refractivity contribution in [3.63, 3.8) is 0 Å². The molecule has 1 atom stereocenters. The Morgan fingerprint density at radius 3 is 2.55 bits per heavy atom. The highest BCUT2D eigenvalue weighted by molar-refractivity contribution is 14.0. The number of anilines is 1. The fourth-order valence-electron chi connectivity index (χ4n) is 3.97. The van der Waals surface area contributed by atoms with E-state index in [1.165, 1.54) is 12.1 Å². The standard InChI is InChI=1S/C24H32F2N4O2.HI/c1-27-24(29(2)11-9-17-5-8-22(31-3)23(13-17)32-4)28-15-18-10-12-30(16-18)19-6-7-20(25)21(26)14-19;/h5-8,13-14,18H,9-12,15-16H2,1-4H3,(H,27,28);1H. The van der Waals surface area contributed by atoms with Crippen molar-refractivity contribution in [2.24, 2.45) is 10.9 Å². The van der Waals surface area contributed by atoms with Gasteiger partial charge < -0.3 is 24.6 Å². The number of guanidine groups is 1. The van der Waals surface area contributed by atoms with E-state index in [-0.39, 0.29) is 24.0 Å². The summed E-state index contributed by atoms with van der Waals surface area (Å²) in [5.41, 5.74) is 1.88. The fourth-order valence-corrected chi connectivity index (χ4v) is 3.97. The molecule has 2 aromatic carbocycles. The third kappa shape index (κ3) is 7.09. The quantitative estimate of drug-likeness (QED) is 0.292. The van der Waals surface area contributed by atoms with Crippen LogP contribution in [0, 0.1) is 17.6 Å². The van der Waals surface area contributed by atoms with Gasteiger partial charge in [0.25, 0.3) is 0 Å². The highest BCUT2D eigenvalue weighted by Crippen LogP contribution is 2.28. The number of rotatable bonds is 8. The molecule has 2 aromatic rings. The van der Waals surface area contributed by atoms with Gasteiger partial charge in [-0.3, -0.25) is 4.99 Å². The third-order valence-corrected chi connectivity index (χ3v) is 5.86. The van der Waals surface area contributed by atoms with Crippen LogP contribution in [0.3, 0.4) is 0 Å². The molecule has 1 heterocycles. The Kier molecular flexibility index (Phi) is 10.5. The van der Waals surface area contributed by atoms with Crippen molar-refractivity contribution in [3.8, 4) is 11.5 Å². The molecular formula is C24H33F2IN4O2. The summed E-state index contributed by atoms with van der Waals surface area (Å²) in [6, 6.07) is 10.0. The first-order valence-corrected chi connectivity index (χ1v) is 10.8. The van der Waals surface area contributed by atoms with Gasteiger partial charge in [-0.1, -0.05) is 6.07 Å². The van der Waals surface area contributed by atoms with Gasteiger partial charge in [-0.25, -0.2) is 8.78 Å². The molecule has 182 valence electrons. The van der Waals surface area contributed by atoms with Gasteiger partial charge in [0.15, 0.2) is 29.1 Å². The van der Waals surface area contributed by atoms with Gasteiger partial charge in [-0.2, -0.15) is 0 Å². The van der Waals surface area contributed by atoms with Gasteiger partial charge in [0.05, 0.1) is 14.2 Å². The van der Waals surface area contributed by atoms with E-state index in [2.05, 4.69) is 20.1 Å². The number of aliphatic imine (C=N–C) groups is 1. The van der Waals surface area contributed by atoms with Crippen molar-refractivity contribution in [2.45, 2.75) is 12.8 Å². The number of halogens is 3. The maximum atomic E-state index is 13.5. The maximum Gasteiger partial charge on any atom is 0.193 e. The lowest BCUT2D eigenvalue weighted by atomic mass is 10.1. The molecule has 33 heavy (non-hydrogen) atoms. The van der Waals surface area contributed by atoms with E-state index in [1.807, 2.05) is 25.2 Å². The van der Waals surface area contributed by atoms with E-state index in [1.54, 1.807) is 27.3 Å². The second kappa shape index (κ2) is 12.8. The van der Waals surface area contributed by atoms with Gasteiger partial charge in [0.1, 0.15) is 0 Å². The first-order chi connectivity index (χ1) is 15.4. The second-order valence-corrected chi connectivity index (χ2v) is 7.99. The SMILES string of the molecule is CN=C(NCC1CCN(c2ccc(F)c(F)c2)C1)N(C)CCc1ccc(OC)c(OC)c1.I. The zero-order chi connectivity index (χ0) is 23.1. The molecule has 0 spiro atoms. The largest absolute Gasteiger partial charge is 0.493 e. The van der Waals surface area contributed by atoms with Gasteiger partial charge in [0.2, 0.25) is 0 Å². The minimum absolute atomic E-state index is 0. The topological polar surface area (TPSA) is 49.3 Å². The van der Waals surface area contributed by atoms with Crippen LogP contribution in [-0.4, -0.2) is 65.4 Å². The number of nitrogens with zero attached hydrogens (tertiary/aromatic N) is 3. The van der Waals surface area contributed by atoms with Crippen molar-refractivity contribution in [2.75, 3.05) is 59.4 Å². The fraction of sp³-hybridized carbons (Fsp3) is 0.458. The Morgan fingerprint density at radius 2 is 1.88 bits per heavy atom. The van der Waals surface area contributed by atoms with Crippen molar-refractivity contribution in [3.05, 3.63) is 53.6 Å². The Balaban J connectivity index is 0.00000385. The summed E-state index contributed by atoms with van der Waals surface area (Å²) >= 11 is 0. The summed E-state index contributed by atoms with van der Waals surface area (Å²) in [7, 11) is 7.05. The van der Waals surface area contributed by atoms with Gasteiger partial charge >= 0.3 is 0 Å². The highest BCUT2D eigenvalue weighted by atomic mass is 127. The predicted octanol–water partition coefficient (Wildman–Crippen LogP) is 4.18. The van der Waals surface area contributed by atoms with Crippen molar-refractivity contribution in [1.82, 2.24) is 10.2 Å². The molecule has 0 radical (unpaired) electrons. The van der Waals surface area contributed by atoms with E-state index in [0.717, 1.165) is 67.7 Å². The van der Waals surface area contributed by atoms with E-state index in [9.17, 15) is 8.78 Å². The van der Waals surface area contributed by atoms with E-state index in [4.69, 9.17) is 9.47 Å². The molecule has 0 aromatic heterocycles. The number of hydrogen-bond acceptors (Lipinski definition) is 4. The normalized spacial score (nSPS) is 15.8. The van der Waals surface area contributed by atoms with Crippen LogP contribution in [0.25, 0.3) is 0 Å². The number of hydrogen-bond donors (Lipinski definition) is 1. The lowest BCUT2D eigenvalue weighted by Crippen LogP contribution is -2.42. The first-order valence-electron chi connectivity index (χ1n) is 10.8. The zero-order valence-electron chi connectivity index (χ0n) is 19.6. The van der Waals surface area contributed by atoms with Crippen LogP contribution in [-0.2, 0) is 6.42 Å². The molecule has 0 amide bonds. The van der Waals surface area contributed by atoms with Crippen LogP contribution >= 0.6 is 24.0 Å². The molecule has 6 nitrogen and oxygen atoms in total. The average Bonchev–Trinajstić information content (AvgIpc) is 3.28. The molecule has 1 saturated heterocycles. The van der Waals surface area contributed by atoms with Crippen molar-refractivity contribution in [1.29, 1.82) is 0 Å². The Hall–Kier alpha value is -2.30. The molecular weight excluding hydrogens is 541 g/mol. The molecule has 1 unspecified atom stereocenters. The lowest BCUT2D eigenvalue weighted by Gasteiger charge is -2.24. The van der Waals surface area contributed by atoms with Crippen LogP contribution in [0.4, 0.5) is 14.5 Å². The summed E-state index contributed by atoms with van der Waals surface area (Å²) in [4.78, 5) is 8.59. The van der Waals surface area contributed by atoms with Crippen LogP contribution in [0.2, 0.25) is 0 Å². The lowest BCUT2D eigenvalue weighted by molar-refractivity contribution is 0.354. The minimum Gasteiger partial charge on any atom is -0.493 e. The molecule has 1 aliphatic heterocycles. The molecule has 9 heteroatoms. The van der Waals surface area contributed by atoms with E-state index >= 15 is 0 Å². The van der Waals surface area contributed by atoms with Crippen LogP contribution in [0.15, 0.2) is 41.4 Å². The number of ether oxygens (including phenoxy) is 2. The molecule has 1 fully saturated rings. The van der Waals surface area contributed by atoms with Crippen LogP contribution in [0.5, 0.6) is 11.5 Å². The molecule has 0 saturated carbocycles. The monoisotopic (exact) mass is 574 g/mol. The van der Waals surface area contributed by atoms with Gasteiger partial charge in [-0.05, 0) is 48.6 Å². The van der Waals surface area contributed by atoms with Gasteiger partial charge in [0, 0.05) is 52.0 Å². The average molecular weight is 574 g/mol. The zero-order valence-corrected chi connectivity index (χ0v) is 21.9. The van der Waals surface area contributed by atoms with Crippen LogP contribution < -0.4 is 19.7 Å². The maximum absolute atomic E-state index is 13.5. The Morgan fingerprint density at radius 1 is 1.12 bits per heavy atom. The Labute approximate surface area is 212 Å². The Bertz CT molecular complexity index is 945. The highest BCUT2D eigenvalue weighted by Gasteiger charge is 2.24. The molecule has 0 bridgehead atoms. The number of nitrogens with one attached hydrogen (secondary N) is 1.